The van der Waals surface area contributed by atoms with Gasteiger partial charge in [0.1, 0.15) is 17.9 Å². The first-order valence-electron chi connectivity index (χ1n) is 4.72. The maximum Gasteiger partial charge on any atom is 0.318 e. The molecule has 0 spiro atoms. The highest BCUT2D eigenvalue weighted by Gasteiger charge is 2.07. The quantitative estimate of drug-likeness (QED) is 0.783. The Bertz CT molecular complexity index is 372. The van der Waals surface area contributed by atoms with Gasteiger partial charge in [0.25, 0.3) is 0 Å². The Morgan fingerprint density at radius 1 is 1.60 bits per heavy atom. The molecule has 1 aromatic heterocycles. The highest BCUT2D eigenvalue weighted by atomic mass is 16.5. The lowest BCUT2D eigenvalue weighted by molar-refractivity contribution is 0.202. The average Bonchev–Trinajstić information content (AvgIpc) is 2.17. The number of aryl methyl sites for hydroxylation is 1. The van der Waals surface area contributed by atoms with Crippen LogP contribution in [0.25, 0.3) is 0 Å². The van der Waals surface area contributed by atoms with Crippen LogP contribution < -0.4 is 10.1 Å². The van der Waals surface area contributed by atoms with Gasteiger partial charge in [0.2, 0.25) is 0 Å². The first-order chi connectivity index (χ1) is 7.15. The first kappa shape index (κ1) is 11.4. The summed E-state index contributed by atoms with van der Waals surface area (Å²) >= 11 is 0. The zero-order chi connectivity index (χ0) is 11.3. The van der Waals surface area contributed by atoms with Crippen LogP contribution in [0.3, 0.4) is 0 Å². The molecule has 0 bridgehead atoms. The highest BCUT2D eigenvalue weighted by molar-refractivity contribution is 5.23. The van der Waals surface area contributed by atoms with Crippen LogP contribution in [0.1, 0.15) is 18.3 Å². The zero-order valence-electron chi connectivity index (χ0n) is 9.11. The normalized spacial score (nSPS) is 11.9. The molecule has 1 N–H and O–H groups in total. The maximum atomic E-state index is 8.72. The zero-order valence-corrected chi connectivity index (χ0v) is 9.11. The Morgan fingerprint density at radius 2 is 2.33 bits per heavy atom. The maximum absolute atomic E-state index is 8.72. The fourth-order valence-corrected chi connectivity index (χ4v) is 1.16. The van der Waals surface area contributed by atoms with Crippen molar-refractivity contribution in [2.75, 3.05) is 13.6 Å². The van der Waals surface area contributed by atoms with Crippen molar-refractivity contribution >= 4 is 0 Å². The van der Waals surface area contributed by atoms with Gasteiger partial charge in [0.05, 0.1) is 0 Å². The number of aromatic nitrogens is 2. The summed E-state index contributed by atoms with van der Waals surface area (Å²) in [5.74, 6) is 0. The Kier molecular flexibility index (Phi) is 4.01. The summed E-state index contributed by atoms with van der Waals surface area (Å²) in [5.41, 5.74) is 1.06. The molecule has 0 aliphatic carbocycles. The summed E-state index contributed by atoms with van der Waals surface area (Å²) in [5, 5.41) is 11.7. The predicted molar refractivity (Wildman–Crippen MR) is 55.5 cm³/mol. The second-order valence-corrected chi connectivity index (χ2v) is 3.28. The molecule has 0 saturated carbocycles. The van der Waals surface area contributed by atoms with Crippen molar-refractivity contribution in [3.05, 3.63) is 17.5 Å². The second kappa shape index (κ2) is 5.27. The molecule has 0 radical (unpaired) electrons. The van der Waals surface area contributed by atoms with E-state index in [0.29, 0.717) is 12.2 Å². The van der Waals surface area contributed by atoms with E-state index in [1.165, 1.54) is 0 Å². The lowest BCUT2D eigenvalue weighted by Crippen LogP contribution is -2.26. The Hall–Kier alpha value is -1.67. The van der Waals surface area contributed by atoms with Gasteiger partial charge in [-0.2, -0.15) is 10.2 Å². The van der Waals surface area contributed by atoms with Crippen molar-refractivity contribution in [1.82, 2.24) is 15.3 Å². The molecular formula is C10H14N4O. The van der Waals surface area contributed by atoms with Gasteiger partial charge in [0.15, 0.2) is 0 Å². The summed E-state index contributed by atoms with van der Waals surface area (Å²) in [6, 6.07) is 3.85. The molecule has 0 aliphatic rings. The van der Waals surface area contributed by atoms with Crippen molar-refractivity contribution in [3.8, 4) is 12.1 Å². The summed E-state index contributed by atoms with van der Waals surface area (Å²) in [6.45, 7) is 4.42. The topological polar surface area (TPSA) is 70.8 Å². The molecule has 80 valence electrons. The van der Waals surface area contributed by atoms with E-state index in [2.05, 4.69) is 15.3 Å². The summed E-state index contributed by atoms with van der Waals surface area (Å²) < 4.78 is 5.44. The molecule has 0 amide bonds. The van der Waals surface area contributed by atoms with E-state index < -0.39 is 0 Å². The Morgan fingerprint density at radius 3 is 2.93 bits per heavy atom. The number of nitrogens with zero attached hydrogens (tertiary/aromatic N) is 3. The van der Waals surface area contributed by atoms with Crippen LogP contribution in [-0.4, -0.2) is 29.7 Å². The largest absolute Gasteiger partial charge is 0.459 e. The summed E-state index contributed by atoms with van der Waals surface area (Å²) in [6.07, 6.45) is -0.0247. The van der Waals surface area contributed by atoms with Gasteiger partial charge in [0, 0.05) is 12.2 Å². The second-order valence-electron chi connectivity index (χ2n) is 3.28. The molecule has 1 aromatic rings. The molecule has 0 saturated heterocycles. The summed E-state index contributed by atoms with van der Waals surface area (Å²) in [4.78, 5) is 8.04. The average molecular weight is 206 g/mol. The number of rotatable bonds is 4. The molecule has 5 nitrogen and oxygen atoms in total. The van der Waals surface area contributed by atoms with E-state index in [9.17, 15) is 0 Å². The predicted octanol–water partition coefficient (Wildman–Crippen LogP) is 0.643. The molecule has 0 aliphatic heterocycles. The molecule has 1 atom stereocenters. The fraction of sp³-hybridized carbons (Fsp3) is 0.500. The van der Waals surface area contributed by atoms with Gasteiger partial charge in [-0.1, -0.05) is 0 Å². The van der Waals surface area contributed by atoms with E-state index in [-0.39, 0.29) is 12.1 Å². The van der Waals surface area contributed by atoms with Crippen molar-refractivity contribution < 1.29 is 4.74 Å². The van der Waals surface area contributed by atoms with Crippen molar-refractivity contribution in [2.24, 2.45) is 0 Å². The van der Waals surface area contributed by atoms with Gasteiger partial charge in [-0.15, -0.1) is 0 Å². The minimum absolute atomic E-state index is 0.0247. The lowest BCUT2D eigenvalue weighted by Gasteiger charge is -2.12. The molecule has 0 aromatic carbocycles. The van der Waals surface area contributed by atoms with E-state index in [4.69, 9.17) is 10.00 Å². The molecule has 0 fully saturated rings. The molecule has 1 heterocycles. The van der Waals surface area contributed by atoms with Gasteiger partial charge in [-0.3, -0.25) is 0 Å². The first-order valence-corrected chi connectivity index (χ1v) is 4.72. The number of hydrogen-bond donors (Lipinski definition) is 1. The van der Waals surface area contributed by atoms with Crippen molar-refractivity contribution in [3.63, 3.8) is 0 Å². The van der Waals surface area contributed by atoms with E-state index in [1.807, 2.05) is 20.0 Å². The van der Waals surface area contributed by atoms with E-state index >= 15 is 0 Å². The smallest absolute Gasteiger partial charge is 0.318 e. The highest BCUT2D eigenvalue weighted by Crippen LogP contribution is 2.07. The van der Waals surface area contributed by atoms with Crippen LogP contribution in [0, 0.1) is 18.3 Å². The number of nitrogens with one attached hydrogen (secondary N) is 1. The van der Waals surface area contributed by atoms with Gasteiger partial charge in [-0.25, -0.2) is 4.98 Å². The standard InChI is InChI=1S/C10H14N4O/c1-7-4-9(5-11)14-10(13-7)15-8(2)6-12-3/h4,8,12H,6H2,1-3H3. The van der Waals surface area contributed by atoms with Crippen LogP contribution in [0.5, 0.6) is 6.01 Å². The third-order valence-corrected chi connectivity index (χ3v) is 1.75. The van der Waals surface area contributed by atoms with Crippen molar-refractivity contribution in [2.45, 2.75) is 20.0 Å². The molecule has 15 heavy (non-hydrogen) atoms. The van der Waals surface area contributed by atoms with E-state index in [1.54, 1.807) is 13.0 Å². The molecule has 1 unspecified atom stereocenters. The van der Waals surface area contributed by atoms with E-state index in [0.717, 1.165) is 5.69 Å². The SMILES string of the molecule is CNCC(C)Oc1nc(C)cc(C#N)n1. The number of nitriles is 1. The lowest BCUT2D eigenvalue weighted by atomic mass is 10.3. The van der Waals surface area contributed by atoms with Crippen LogP contribution in [0.15, 0.2) is 6.07 Å². The summed E-state index contributed by atoms with van der Waals surface area (Å²) in [7, 11) is 1.84. The number of likely N-dealkylation sites (N-methyl/N-ethyl adjacent to an activating group) is 1. The molecule has 1 rings (SSSR count). The van der Waals surface area contributed by atoms with Gasteiger partial charge >= 0.3 is 6.01 Å². The van der Waals surface area contributed by atoms with Crippen molar-refractivity contribution in [1.29, 1.82) is 5.26 Å². The Balaban J connectivity index is 2.77. The van der Waals surface area contributed by atoms with Gasteiger partial charge < -0.3 is 10.1 Å². The monoisotopic (exact) mass is 206 g/mol. The third kappa shape index (κ3) is 3.52. The minimum atomic E-state index is -0.0247. The molecule has 5 heteroatoms. The van der Waals surface area contributed by atoms with Crippen LogP contribution in [0.4, 0.5) is 0 Å². The third-order valence-electron chi connectivity index (χ3n) is 1.75. The minimum Gasteiger partial charge on any atom is -0.459 e. The Labute approximate surface area is 89.1 Å². The number of ether oxygens (including phenoxy) is 1. The molecular weight excluding hydrogens is 192 g/mol. The van der Waals surface area contributed by atoms with Crippen LogP contribution >= 0.6 is 0 Å². The van der Waals surface area contributed by atoms with Gasteiger partial charge in [-0.05, 0) is 27.0 Å². The fourth-order valence-electron chi connectivity index (χ4n) is 1.16. The van der Waals surface area contributed by atoms with Crippen LogP contribution in [-0.2, 0) is 0 Å². The van der Waals surface area contributed by atoms with Crippen LogP contribution in [0.2, 0.25) is 0 Å². The number of hydrogen-bond acceptors (Lipinski definition) is 5.